The second-order valence-corrected chi connectivity index (χ2v) is 6.59. The molecule has 90 valence electrons. The number of benzene rings is 1. The Morgan fingerprint density at radius 1 is 1.18 bits per heavy atom. The molecule has 1 aromatic heterocycles. The van der Waals surface area contributed by atoms with Crippen molar-refractivity contribution in [1.29, 1.82) is 0 Å². The number of anilines is 1. The minimum atomic E-state index is 0.310. The summed E-state index contributed by atoms with van der Waals surface area (Å²) in [4.78, 5) is 1.38. The van der Waals surface area contributed by atoms with Crippen LogP contribution >= 0.6 is 43.2 Å². The minimum absolute atomic E-state index is 0.310. The standard InChI is InChI=1S/C13H13Br2NS/c1-8-6-7-17-13(8)9(2)16-12-10(14)4-3-5-11(12)15/h3-7,9,16H,1-2H3. The molecule has 1 unspecified atom stereocenters. The molecule has 2 aromatic rings. The van der Waals surface area contributed by atoms with E-state index in [4.69, 9.17) is 0 Å². The van der Waals surface area contributed by atoms with E-state index in [1.807, 2.05) is 18.2 Å². The van der Waals surface area contributed by atoms with Crippen LogP contribution < -0.4 is 5.32 Å². The first-order chi connectivity index (χ1) is 8.09. The fourth-order valence-corrected chi connectivity index (χ4v) is 3.91. The van der Waals surface area contributed by atoms with E-state index in [1.165, 1.54) is 10.4 Å². The van der Waals surface area contributed by atoms with Crippen molar-refractivity contribution in [2.75, 3.05) is 5.32 Å². The molecule has 0 aliphatic rings. The molecule has 1 N–H and O–H groups in total. The summed E-state index contributed by atoms with van der Waals surface area (Å²) < 4.78 is 2.15. The number of thiophene rings is 1. The summed E-state index contributed by atoms with van der Waals surface area (Å²) in [7, 11) is 0. The quantitative estimate of drug-likeness (QED) is 0.720. The Hall–Kier alpha value is -0.320. The van der Waals surface area contributed by atoms with Crippen LogP contribution in [0.25, 0.3) is 0 Å². The molecule has 17 heavy (non-hydrogen) atoms. The third-order valence-electron chi connectivity index (χ3n) is 2.62. The Morgan fingerprint density at radius 2 is 1.82 bits per heavy atom. The zero-order valence-electron chi connectivity index (χ0n) is 9.63. The van der Waals surface area contributed by atoms with Gasteiger partial charge in [0, 0.05) is 13.8 Å². The molecule has 0 bridgehead atoms. The molecular formula is C13H13Br2NS. The fraction of sp³-hybridized carbons (Fsp3) is 0.231. The first-order valence-electron chi connectivity index (χ1n) is 5.34. The van der Waals surface area contributed by atoms with Crippen LogP contribution in [0.1, 0.15) is 23.4 Å². The van der Waals surface area contributed by atoms with E-state index in [1.54, 1.807) is 11.3 Å². The van der Waals surface area contributed by atoms with Crippen molar-refractivity contribution in [3.8, 4) is 0 Å². The van der Waals surface area contributed by atoms with Crippen molar-refractivity contribution in [1.82, 2.24) is 0 Å². The van der Waals surface area contributed by atoms with Crippen molar-refractivity contribution >= 4 is 48.9 Å². The predicted octanol–water partition coefficient (Wildman–Crippen LogP) is 5.75. The summed E-state index contributed by atoms with van der Waals surface area (Å²) in [5.74, 6) is 0. The maximum atomic E-state index is 3.57. The smallest absolute Gasteiger partial charge is 0.0633 e. The van der Waals surface area contributed by atoms with Gasteiger partial charge in [0.2, 0.25) is 0 Å². The van der Waals surface area contributed by atoms with Crippen molar-refractivity contribution in [2.24, 2.45) is 0 Å². The molecule has 0 saturated carbocycles. The van der Waals surface area contributed by atoms with E-state index in [0.717, 1.165) is 14.6 Å². The van der Waals surface area contributed by atoms with Crippen LogP contribution in [-0.4, -0.2) is 0 Å². The largest absolute Gasteiger partial charge is 0.376 e. The van der Waals surface area contributed by atoms with Gasteiger partial charge in [-0.15, -0.1) is 11.3 Å². The van der Waals surface area contributed by atoms with Gasteiger partial charge in [0.1, 0.15) is 0 Å². The van der Waals surface area contributed by atoms with Gasteiger partial charge in [-0.3, -0.25) is 0 Å². The van der Waals surface area contributed by atoms with Gasteiger partial charge < -0.3 is 5.32 Å². The third kappa shape index (κ3) is 2.92. The van der Waals surface area contributed by atoms with Crippen molar-refractivity contribution in [2.45, 2.75) is 19.9 Å². The summed E-state index contributed by atoms with van der Waals surface area (Å²) >= 11 is 8.93. The molecule has 4 heteroatoms. The molecule has 1 atom stereocenters. The van der Waals surface area contributed by atoms with Gasteiger partial charge >= 0.3 is 0 Å². The number of hydrogen-bond donors (Lipinski definition) is 1. The molecule has 0 amide bonds. The summed E-state index contributed by atoms with van der Waals surface area (Å²) in [5, 5.41) is 5.68. The first kappa shape index (κ1) is 13.1. The van der Waals surface area contributed by atoms with Crippen LogP contribution in [0, 0.1) is 6.92 Å². The Morgan fingerprint density at radius 3 is 2.35 bits per heavy atom. The molecule has 0 radical (unpaired) electrons. The Kier molecular flexibility index (Phi) is 4.28. The average molecular weight is 375 g/mol. The van der Waals surface area contributed by atoms with Gasteiger partial charge in [0.15, 0.2) is 0 Å². The Balaban J connectivity index is 2.25. The van der Waals surface area contributed by atoms with Gasteiger partial charge in [0.05, 0.1) is 11.7 Å². The Labute approximate surface area is 123 Å². The highest BCUT2D eigenvalue weighted by atomic mass is 79.9. The number of nitrogens with one attached hydrogen (secondary N) is 1. The maximum Gasteiger partial charge on any atom is 0.0633 e. The molecule has 2 rings (SSSR count). The average Bonchev–Trinajstić information content (AvgIpc) is 2.70. The van der Waals surface area contributed by atoms with Gasteiger partial charge in [-0.25, -0.2) is 0 Å². The molecule has 0 aliphatic heterocycles. The molecule has 0 fully saturated rings. The highest BCUT2D eigenvalue weighted by molar-refractivity contribution is 9.11. The van der Waals surface area contributed by atoms with Crippen LogP contribution in [0.5, 0.6) is 0 Å². The van der Waals surface area contributed by atoms with Crippen molar-refractivity contribution in [3.63, 3.8) is 0 Å². The lowest BCUT2D eigenvalue weighted by Gasteiger charge is -2.17. The van der Waals surface area contributed by atoms with E-state index >= 15 is 0 Å². The molecule has 0 saturated heterocycles. The highest BCUT2D eigenvalue weighted by Crippen LogP contribution is 2.35. The maximum absolute atomic E-state index is 3.57. The zero-order chi connectivity index (χ0) is 12.4. The van der Waals surface area contributed by atoms with Crippen LogP contribution in [0.2, 0.25) is 0 Å². The number of aryl methyl sites for hydroxylation is 1. The summed E-state index contributed by atoms with van der Waals surface area (Å²) in [6, 6.07) is 8.57. The first-order valence-corrected chi connectivity index (χ1v) is 7.80. The van der Waals surface area contributed by atoms with Crippen molar-refractivity contribution < 1.29 is 0 Å². The van der Waals surface area contributed by atoms with E-state index in [2.05, 4.69) is 62.5 Å². The molecule has 0 aliphatic carbocycles. The molecule has 1 aromatic carbocycles. The molecular weight excluding hydrogens is 362 g/mol. The summed E-state index contributed by atoms with van der Waals surface area (Å²) in [6.45, 7) is 4.34. The second-order valence-electron chi connectivity index (χ2n) is 3.93. The normalized spacial score (nSPS) is 12.5. The molecule has 0 spiro atoms. The van der Waals surface area contributed by atoms with Gasteiger partial charge in [0.25, 0.3) is 0 Å². The van der Waals surface area contributed by atoms with Crippen LogP contribution in [0.4, 0.5) is 5.69 Å². The molecule has 1 heterocycles. The SMILES string of the molecule is Cc1ccsc1C(C)Nc1c(Br)cccc1Br. The van der Waals surface area contributed by atoms with E-state index in [-0.39, 0.29) is 0 Å². The lowest BCUT2D eigenvalue weighted by atomic mass is 10.2. The number of hydrogen-bond acceptors (Lipinski definition) is 2. The minimum Gasteiger partial charge on any atom is -0.376 e. The number of halogens is 2. The predicted molar refractivity (Wildman–Crippen MR) is 82.9 cm³/mol. The van der Waals surface area contributed by atoms with Gasteiger partial charge in [-0.2, -0.15) is 0 Å². The number of para-hydroxylation sites is 1. The molecule has 1 nitrogen and oxygen atoms in total. The summed E-state index contributed by atoms with van der Waals surface area (Å²) in [5.41, 5.74) is 2.45. The van der Waals surface area contributed by atoms with E-state index in [9.17, 15) is 0 Å². The van der Waals surface area contributed by atoms with Crippen LogP contribution in [0.15, 0.2) is 38.6 Å². The van der Waals surface area contributed by atoms with Gasteiger partial charge in [-0.05, 0) is 74.8 Å². The second kappa shape index (κ2) is 5.55. The van der Waals surface area contributed by atoms with Crippen molar-refractivity contribution in [3.05, 3.63) is 49.0 Å². The van der Waals surface area contributed by atoms with Crippen LogP contribution in [-0.2, 0) is 0 Å². The Bertz CT molecular complexity index is 502. The van der Waals surface area contributed by atoms with E-state index in [0.29, 0.717) is 6.04 Å². The number of rotatable bonds is 3. The van der Waals surface area contributed by atoms with Crippen LogP contribution in [0.3, 0.4) is 0 Å². The van der Waals surface area contributed by atoms with Gasteiger partial charge in [-0.1, -0.05) is 6.07 Å². The van der Waals surface area contributed by atoms with E-state index < -0.39 is 0 Å². The topological polar surface area (TPSA) is 12.0 Å². The lowest BCUT2D eigenvalue weighted by molar-refractivity contribution is 0.896. The lowest BCUT2D eigenvalue weighted by Crippen LogP contribution is -2.07. The zero-order valence-corrected chi connectivity index (χ0v) is 13.6. The highest BCUT2D eigenvalue weighted by Gasteiger charge is 2.12. The fourth-order valence-electron chi connectivity index (χ4n) is 1.75. The summed E-state index contributed by atoms with van der Waals surface area (Å²) in [6.07, 6.45) is 0. The third-order valence-corrected chi connectivity index (χ3v) is 5.14. The monoisotopic (exact) mass is 373 g/mol.